The van der Waals surface area contributed by atoms with Gasteiger partial charge in [-0.3, -0.25) is 4.79 Å². The molecule has 1 atom stereocenters. The maximum Gasteiger partial charge on any atom is 0.287 e. The van der Waals surface area contributed by atoms with E-state index in [0.717, 1.165) is 46.9 Å². The molecule has 1 aromatic carbocycles. The lowest BCUT2D eigenvalue weighted by atomic mass is 10.1. The average molecular weight is 337 g/mol. The first-order valence-electron chi connectivity index (χ1n) is 6.85. The third kappa shape index (κ3) is 2.60. The Morgan fingerprint density at radius 1 is 1.50 bits per heavy atom. The largest absolute Gasteiger partial charge is 0.451 e. The standard InChI is InChI=1S/C15H17BrN2O2/c1-9-12-7-10(16)4-5-13(12)20-14(9)15(19)18-11-3-2-6-17-8-11/h4-5,7,11,17H,2-3,6,8H2,1H3,(H,18,19). The van der Waals surface area contributed by atoms with E-state index in [1.807, 2.05) is 25.1 Å². The van der Waals surface area contributed by atoms with Gasteiger partial charge in [0.05, 0.1) is 0 Å². The van der Waals surface area contributed by atoms with E-state index in [1.165, 1.54) is 0 Å². The van der Waals surface area contributed by atoms with E-state index in [-0.39, 0.29) is 11.9 Å². The fourth-order valence-corrected chi connectivity index (χ4v) is 3.00. The van der Waals surface area contributed by atoms with Gasteiger partial charge in [0.25, 0.3) is 5.91 Å². The highest BCUT2D eigenvalue weighted by atomic mass is 79.9. The lowest BCUT2D eigenvalue weighted by molar-refractivity contribution is 0.0904. The van der Waals surface area contributed by atoms with E-state index in [9.17, 15) is 4.79 Å². The fourth-order valence-electron chi connectivity index (χ4n) is 2.64. The fraction of sp³-hybridized carbons (Fsp3) is 0.400. The molecule has 0 saturated carbocycles. The maximum absolute atomic E-state index is 12.3. The molecule has 0 aliphatic carbocycles. The third-order valence-corrected chi connectivity index (χ3v) is 4.23. The summed E-state index contributed by atoms with van der Waals surface area (Å²) in [6.07, 6.45) is 2.11. The van der Waals surface area contributed by atoms with Gasteiger partial charge >= 0.3 is 0 Å². The molecule has 1 fully saturated rings. The van der Waals surface area contributed by atoms with Crippen LogP contribution in [0.1, 0.15) is 29.0 Å². The predicted octanol–water partition coefficient (Wildman–Crippen LogP) is 2.99. The molecule has 0 bridgehead atoms. The molecule has 0 radical (unpaired) electrons. The van der Waals surface area contributed by atoms with Crippen LogP contribution in [0.25, 0.3) is 11.0 Å². The summed E-state index contributed by atoms with van der Waals surface area (Å²) < 4.78 is 6.69. The molecular weight excluding hydrogens is 320 g/mol. The molecule has 2 N–H and O–H groups in total. The van der Waals surface area contributed by atoms with Crippen LogP contribution in [0.15, 0.2) is 27.1 Å². The highest BCUT2D eigenvalue weighted by molar-refractivity contribution is 9.10. The van der Waals surface area contributed by atoms with Crippen LogP contribution in [-0.4, -0.2) is 25.0 Å². The summed E-state index contributed by atoms with van der Waals surface area (Å²) in [5.41, 5.74) is 1.64. The first-order chi connectivity index (χ1) is 9.65. The molecule has 20 heavy (non-hydrogen) atoms. The minimum atomic E-state index is -0.122. The Hall–Kier alpha value is -1.33. The van der Waals surface area contributed by atoms with Crippen molar-refractivity contribution in [3.8, 4) is 0 Å². The summed E-state index contributed by atoms with van der Waals surface area (Å²) in [5, 5.41) is 7.31. The number of hydrogen-bond donors (Lipinski definition) is 2. The number of piperidine rings is 1. The van der Waals surface area contributed by atoms with E-state index in [4.69, 9.17) is 4.42 Å². The summed E-state index contributed by atoms with van der Waals surface area (Å²) in [5.74, 6) is 0.298. The SMILES string of the molecule is Cc1c(C(=O)NC2CCCNC2)oc2ccc(Br)cc12. The molecule has 106 valence electrons. The Labute approximate surface area is 126 Å². The quantitative estimate of drug-likeness (QED) is 0.886. The van der Waals surface area contributed by atoms with Crippen molar-refractivity contribution in [2.45, 2.75) is 25.8 Å². The van der Waals surface area contributed by atoms with Crippen molar-refractivity contribution in [3.05, 3.63) is 34.0 Å². The maximum atomic E-state index is 12.3. The molecule has 1 aromatic heterocycles. The number of aryl methyl sites for hydroxylation is 1. The number of hydrogen-bond acceptors (Lipinski definition) is 3. The molecule has 0 spiro atoms. The number of halogens is 1. The van der Waals surface area contributed by atoms with Gasteiger partial charge in [0.2, 0.25) is 0 Å². The molecule has 1 amide bonds. The number of carbonyl (C=O) groups excluding carboxylic acids is 1. The number of nitrogens with one attached hydrogen (secondary N) is 2. The van der Waals surface area contributed by atoms with Gasteiger partial charge in [-0.1, -0.05) is 15.9 Å². The smallest absolute Gasteiger partial charge is 0.287 e. The van der Waals surface area contributed by atoms with E-state index in [1.54, 1.807) is 0 Å². The van der Waals surface area contributed by atoms with Crippen molar-refractivity contribution in [3.63, 3.8) is 0 Å². The molecular formula is C15H17BrN2O2. The van der Waals surface area contributed by atoms with Gasteiger partial charge in [-0.2, -0.15) is 0 Å². The van der Waals surface area contributed by atoms with E-state index >= 15 is 0 Å². The molecule has 2 heterocycles. The molecule has 1 unspecified atom stereocenters. The monoisotopic (exact) mass is 336 g/mol. The van der Waals surface area contributed by atoms with Gasteiger partial charge in [0, 0.05) is 28.0 Å². The average Bonchev–Trinajstić information content (AvgIpc) is 2.77. The van der Waals surface area contributed by atoms with Crippen molar-refractivity contribution >= 4 is 32.8 Å². The minimum absolute atomic E-state index is 0.122. The van der Waals surface area contributed by atoms with Crippen LogP contribution in [0.3, 0.4) is 0 Å². The van der Waals surface area contributed by atoms with Crippen LogP contribution in [0.5, 0.6) is 0 Å². The summed E-state index contributed by atoms with van der Waals surface area (Å²) >= 11 is 3.44. The first-order valence-corrected chi connectivity index (χ1v) is 7.64. The zero-order valence-electron chi connectivity index (χ0n) is 11.3. The zero-order chi connectivity index (χ0) is 14.1. The molecule has 4 nitrogen and oxygen atoms in total. The van der Waals surface area contributed by atoms with Gasteiger partial charge in [0.1, 0.15) is 5.58 Å². The van der Waals surface area contributed by atoms with Crippen molar-refractivity contribution in [2.24, 2.45) is 0 Å². The van der Waals surface area contributed by atoms with E-state index in [2.05, 4.69) is 26.6 Å². The molecule has 2 aromatic rings. The number of amides is 1. The Bertz CT molecular complexity index is 645. The van der Waals surface area contributed by atoms with Crippen molar-refractivity contribution in [1.82, 2.24) is 10.6 Å². The number of fused-ring (bicyclic) bond motifs is 1. The Morgan fingerprint density at radius 3 is 3.10 bits per heavy atom. The Morgan fingerprint density at radius 2 is 2.35 bits per heavy atom. The Kier molecular flexibility index (Phi) is 3.81. The summed E-state index contributed by atoms with van der Waals surface area (Å²) in [7, 11) is 0. The molecule has 1 saturated heterocycles. The second-order valence-corrected chi connectivity index (χ2v) is 6.13. The molecule has 1 aliphatic heterocycles. The number of furan rings is 1. The van der Waals surface area contributed by atoms with Crippen LogP contribution < -0.4 is 10.6 Å². The van der Waals surface area contributed by atoms with Crippen molar-refractivity contribution < 1.29 is 9.21 Å². The van der Waals surface area contributed by atoms with Gasteiger partial charge in [-0.05, 0) is 44.5 Å². The highest BCUT2D eigenvalue weighted by Crippen LogP contribution is 2.28. The minimum Gasteiger partial charge on any atom is -0.451 e. The van der Waals surface area contributed by atoms with Crippen molar-refractivity contribution in [1.29, 1.82) is 0 Å². The van der Waals surface area contributed by atoms with Crippen LogP contribution in [0.2, 0.25) is 0 Å². The molecule has 5 heteroatoms. The first kappa shape index (κ1) is 13.6. The van der Waals surface area contributed by atoms with Gasteiger partial charge in [-0.25, -0.2) is 0 Å². The topological polar surface area (TPSA) is 54.3 Å². The van der Waals surface area contributed by atoms with Gasteiger partial charge < -0.3 is 15.1 Å². The second-order valence-electron chi connectivity index (χ2n) is 5.21. The van der Waals surface area contributed by atoms with Crippen LogP contribution in [-0.2, 0) is 0 Å². The summed E-state index contributed by atoms with van der Waals surface area (Å²) in [4.78, 5) is 12.3. The zero-order valence-corrected chi connectivity index (χ0v) is 12.9. The van der Waals surface area contributed by atoms with Crippen LogP contribution in [0, 0.1) is 6.92 Å². The van der Waals surface area contributed by atoms with Gasteiger partial charge in [-0.15, -0.1) is 0 Å². The van der Waals surface area contributed by atoms with E-state index in [0.29, 0.717) is 5.76 Å². The number of benzene rings is 1. The van der Waals surface area contributed by atoms with Crippen LogP contribution in [0.4, 0.5) is 0 Å². The Balaban J connectivity index is 1.85. The van der Waals surface area contributed by atoms with Crippen molar-refractivity contribution in [2.75, 3.05) is 13.1 Å². The normalized spacial score (nSPS) is 19.2. The highest BCUT2D eigenvalue weighted by Gasteiger charge is 2.21. The summed E-state index contributed by atoms with van der Waals surface area (Å²) in [6.45, 7) is 3.78. The van der Waals surface area contributed by atoms with Crippen LogP contribution >= 0.6 is 15.9 Å². The number of rotatable bonds is 2. The lowest BCUT2D eigenvalue weighted by Crippen LogP contribution is -2.45. The predicted molar refractivity (Wildman–Crippen MR) is 82.0 cm³/mol. The summed E-state index contributed by atoms with van der Waals surface area (Å²) in [6, 6.07) is 5.96. The second kappa shape index (κ2) is 5.58. The van der Waals surface area contributed by atoms with E-state index < -0.39 is 0 Å². The molecule has 1 aliphatic rings. The number of carbonyl (C=O) groups is 1. The lowest BCUT2D eigenvalue weighted by Gasteiger charge is -2.23. The third-order valence-electron chi connectivity index (χ3n) is 3.74. The molecule has 3 rings (SSSR count). The van der Waals surface area contributed by atoms with Gasteiger partial charge in [0.15, 0.2) is 5.76 Å².